The Morgan fingerprint density at radius 3 is 2.44 bits per heavy atom. The molecule has 0 amide bonds. The molecule has 2 aromatic rings. The van der Waals surface area contributed by atoms with Gasteiger partial charge in [0.05, 0.1) is 0 Å². The number of benzene rings is 1. The average molecular weight is 242 g/mol. The molecule has 0 fully saturated rings. The molecule has 2 N–H and O–H groups in total. The summed E-state index contributed by atoms with van der Waals surface area (Å²) in [7, 11) is -3.13. The van der Waals surface area contributed by atoms with Crippen molar-refractivity contribution in [3.63, 3.8) is 0 Å². The summed E-state index contributed by atoms with van der Waals surface area (Å²) in [4.78, 5) is 25.4. The van der Waals surface area contributed by atoms with Gasteiger partial charge in [0.15, 0.2) is 0 Å². The molecule has 1 heterocycles. The van der Waals surface area contributed by atoms with Crippen LogP contribution in [0.2, 0.25) is 0 Å². The Labute approximate surface area is 91.9 Å². The lowest BCUT2D eigenvalue weighted by Gasteiger charge is -1.95. The summed E-state index contributed by atoms with van der Waals surface area (Å²) in [5, 5.41) is 0.967. The van der Waals surface area contributed by atoms with E-state index in [1.807, 2.05) is 24.3 Å². The van der Waals surface area contributed by atoms with Crippen molar-refractivity contribution in [2.24, 2.45) is 0 Å². The van der Waals surface area contributed by atoms with Crippen molar-refractivity contribution in [3.05, 3.63) is 46.3 Å². The van der Waals surface area contributed by atoms with Gasteiger partial charge in [-0.1, -0.05) is 18.2 Å². The molecule has 0 bridgehead atoms. The van der Waals surface area contributed by atoms with E-state index >= 15 is 0 Å². The topological polar surface area (TPSA) is 87.7 Å². The Morgan fingerprint density at radius 2 is 1.81 bits per heavy atom. The standard InChI is InChI=1S/C10H8O2.H3O3P/c1-7-6-8-4-2-3-5-9(8)12-10(7)11;1-4(2)3/h2-6H,1H3;4H,(H2,1,2,3). The van der Waals surface area contributed by atoms with Gasteiger partial charge in [-0.05, 0) is 19.1 Å². The second-order valence-corrected chi connectivity index (χ2v) is 3.60. The van der Waals surface area contributed by atoms with Crippen molar-refractivity contribution < 1.29 is 18.8 Å². The van der Waals surface area contributed by atoms with Gasteiger partial charge in [0, 0.05) is 10.9 Å². The van der Waals surface area contributed by atoms with Crippen LogP contribution in [-0.4, -0.2) is 9.79 Å². The number of rotatable bonds is 0. The van der Waals surface area contributed by atoms with Gasteiger partial charge in [0.1, 0.15) is 5.58 Å². The van der Waals surface area contributed by atoms with Gasteiger partial charge in [0.25, 0.3) is 0 Å². The molecule has 1 aromatic carbocycles. The average Bonchev–Trinajstić information content (AvgIpc) is 2.19. The van der Waals surface area contributed by atoms with Crippen LogP contribution in [0, 0.1) is 6.92 Å². The normalized spacial score (nSPS) is 10.0. The molecule has 16 heavy (non-hydrogen) atoms. The molecule has 0 saturated heterocycles. The van der Waals surface area contributed by atoms with E-state index in [4.69, 9.17) is 18.8 Å². The molecule has 0 atom stereocenters. The van der Waals surface area contributed by atoms with E-state index < -0.39 is 8.25 Å². The molecule has 1 aromatic heterocycles. The summed E-state index contributed by atoms with van der Waals surface area (Å²) in [6.07, 6.45) is 0. The lowest BCUT2D eigenvalue weighted by Crippen LogP contribution is -2.01. The highest BCUT2D eigenvalue weighted by atomic mass is 31.1. The number of hydrogen-bond donors (Lipinski definition) is 2. The van der Waals surface area contributed by atoms with Gasteiger partial charge in [-0.15, -0.1) is 0 Å². The third-order valence-electron chi connectivity index (χ3n) is 1.82. The first kappa shape index (κ1) is 12.6. The summed E-state index contributed by atoms with van der Waals surface area (Å²) in [6, 6.07) is 9.31. The lowest BCUT2D eigenvalue weighted by atomic mass is 10.2. The Bertz CT molecular complexity index is 556. The first-order chi connectivity index (χ1) is 7.50. The van der Waals surface area contributed by atoms with E-state index in [2.05, 4.69) is 0 Å². The molecule has 0 unspecified atom stereocenters. The maximum Gasteiger partial charge on any atom is 0.339 e. The van der Waals surface area contributed by atoms with Gasteiger partial charge in [-0.2, -0.15) is 0 Å². The van der Waals surface area contributed by atoms with Crippen LogP contribution in [0.4, 0.5) is 0 Å². The van der Waals surface area contributed by atoms with Crippen LogP contribution >= 0.6 is 8.25 Å². The van der Waals surface area contributed by atoms with Gasteiger partial charge in [0.2, 0.25) is 0 Å². The molecule has 0 radical (unpaired) electrons. The Hall–Kier alpha value is -1.42. The fourth-order valence-electron chi connectivity index (χ4n) is 1.17. The highest BCUT2D eigenvalue weighted by molar-refractivity contribution is 7.30. The van der Waals surface area contributed by atoms with Crippen molar-refractivity contribution in [2.75, 3.05) is 0 Å². The Morgan fingerprint density at radius 1 is 1.25 bits per heavy atom. The summed E-state index contributed by atoms with van der Waals surface area (Å²) >= 11 is 0. The maximum atomic E-state index is 11.1. The molecule has 0 aliphatic carbocycles. The molecular weight excluding hydrogens is 231 g/mol. The summed E-state index contributed by atoms with van der Waals surface area (Å²) in [6.45, 7) is 1.75. The van der Waals surface area contributed by atoms with Crippen LogP contribution in [0.1, 0.15) is 5.56 Å². The van der Waals surface area contributed by atoms with Crippen LogP contribution in [-0.2, 0) is 4.57 Å². The van der Waals surface area contributed by atoms with E-state index in [1.54, 1.807) is 13.0 Å². The summed E-state index contributed by atoms with van der Waals surface area (Å²) in [5.74, 6) is 0. The van der Waals surface area contributed by atoms with Crippen LogP contribution in [0.3, 0.4) is 0 Å². The summed E-state index contributed by atoms with van der Waals surface area (Å²) < 4.78 is 13.8. The minimum Gasteiger partial charge on any atom is -0.423 e. The Balaban J connectivity index is 0.000000280. The maximum absolute atomic E-state index is 11.1. The van der Waals surface area contributed by atoms with Crippen molar-refractivity contribution in [3.8, 4) is 0 Å². The molecule has 2 rings (SSSR count). The van der Waals surface area contributed by atoms with E-state index in [-0.39, 0.29) is 5.63 Å². The van der Waals surface area contributed by atoms with Crippen LogP contribution in [0.25, 0.3) is 11.0 Å². The molecule has 0 aliphatic heterocycles. The Kier molecular flexibility index (Phi) is 4.43. The highest BCUT2D eigenvalue weighted by Crippen LogP contribution is 2.11. The number of hydrogen-bond acceptors (Lipinski definition) is 3. The molecule has 6 heteroatoms. The predicted molar refractivity (Wildman–Crippen MR) is 60.7 cm³/mol. The zero-order valence-corrected chi connectivity index (χ0v) is 9.51. The van der Waals surface area contributed by atoms with E-state index in [0.717, 1.165) is 5.39 Å². The molecule has 86 valence electrons. The van der Waals surface area contributed by atoms with Crippen molar-refractivity contribution in [2.45, 2.75) is 6.92 Å². The molecule has 0 aliphatic rings. The second kappa shape index (κ2) is 5.61. The SMILES string of the molecule is Cc1cc2ccccc2oc1=O.O=[PH](O)O. The predicted octanol–water partition coefficient (Wildman–Crippen LogP) is 1.46. The monoisotopic (exact) mass is 242 g/mol. The van der Waals surface area contributed by atoms with Gasteiger partial charge in [-0.3, -0.25) is 4.57 Å². The zero-order valence-electron chi connectivity index (χ0n) is 8.51. The smallest absolute Gasteiger partial charge is 0.339 e. The van der Waals surface area contributed by atoms with Gasteiger partial charge in [-0.25, -0.2) is 4.79 Å². The third kappa shape index (κ3) is 3.62. The molecule has 5 nitrogen and oxygen atoms in total. The fourth-order valence-corrected chi connectivity index (χ4v) is 1.17. The fraction of sp³-hybridized carbons (Fsp3) is 0.100. The lowest BCUT2D eigenvalue weighted by molar-refractivity contribution is 0.405. The zero-order chi connectivity index (χ0) is 12.1. The third-order valence-corrected chi connectivity index (χ3v) is 1.82. The number of aryl methyl sites for hydroxylation is 1. The summed E-state index contributed by atoms with van der Waals surface area (Å²) in [5.41, 5.74) is 1.04. The molecule has 0 spiro atoms. The largest absolute Gasteiger partial charge is 0.423 e. The number of para-hydroxylation sites is 1. The minimum absolute atomic E-state index is 0.256. The van der Waals surface area contributed by atoms with Crippen molar-refractivity contribution >= 4 is 19.2 Å². The quantitative estimate of drug-likeness (QED) is 0.539. The van der Waals surface area contributed by atoms with E-state index in [9.17, 15) is 4.79 Å². The van der Waals surface area contributed by atoms with Gasteiger partial charge < -0.3 is 14.2 Å². The van der Waals surface area contributed by atoms with E-state index in [1.165, 1.54) is 0 Å². The highest BCUT2D eigenvalue weighted by Gasteiger charge is 1.98. The first-order valence-corrected chi connectivity index (χ1v) is 5.72. The van der Waals surface area contributed by atoms with Crippen LogP contribution in [0.15, 0.2) is 39.5 Å². The minimum atomic E-state index is -3.13. The van der Waals surface area contributed by atoms with Crippen LogP contribution < -0.4 is 5.63 Å². The molecular formula is C10H11O5P. The molecule has 0 saturated carbocycles. The van der Waals surface area contributed by atoms with Crippen molar-refractivity contribution in [1.29, 1.82) is 0 Å². The first-order valence-electron chi connectivity index (χ1n) is 4.42. The second-order valence-electron chi connectivity index (χ2n) is 3.04. The number of fused-ring (bicyclic) bond motifs is 1. The van der Waals surface area contributed by atoms with Gasteiger partial charge >= 0.3 is 13.9 Å². The van der Waals surface area contributed by atoms with Crippen molar-refractivity contribution in [1.82, 2.24) is 0 Å². The van der Waals surface area contributed by atoms with Crippen LogP contribution in [0.5, 0.6) is 0 Å². The van der Waals surface area contributed by atoms with E-state index in [0.29, 0.717) is 11.1 Å².